The maximum absolute atomic E-state index is 13.9. The van der Waals surface area contributed by atoms with Crippen LogP contribution in [0.2, 0.25) is 0 Å². The molecule has 5 fully saturated rings. The fourth-order valence-corrected chi connectivity index (χ4v) is 9.28. The third-order valence-corrected chi connectivity index (χ3v) is 11.2. The summed E-state index contributed by atoms with van der Waals surface area (Å²) >= 11 is 0. The molecule has 3 saturated carbocycles. The van der Waals surface area contributed by atoms with E-state index < -0.39 is 5.79 Å². The Morgan fingerprint density at radius 1 is 1.06 bits per heavy atom. The van der Waals surface area contributed by atoms with E-state index >= 15 is 0 Å². The molecule has 0 bridgehead atoms. The molecule has 0 radical (unpaired) electrons. The van der Waals surface area contributed by atoms with Crippen LogP contribution >= 0.6 is 0 Å². The third kappa shape index (κ3) is 2.62. The van der Waals surface area contributed by atoms with Gasteiger partial charge < -0.3 is 14.6 Å². The number of hydrogen-bond acceptors (Lipinski definition) is 4. The summed E-state index contributed by atoms with van der Waals surface area (Å²) in [6.45, 7) is 9.97. The summed E-state index contributed by atoms with van der Waals surface area (Å²) in [5, 5.41) is 10.3. The Labute approximate surface area is 187 Å². The lowest BCUT2D eigenvalue weighted by atomic mass is 9.48. The number of rotatable bonds is 0. The Balaban J connectivity index is 1.34. The summed E-state index contributed by atoms with van der Waals surface area (Å²) in [6, 6.07) is 0. The van der Waals surface area contributed by atoms with Gasteiger partial charge in [-0.3, -0.25) is 4.79 Å². The van der Waals surface area contributed by atoms with Crippen LogP contribution in [0.1, 0.15) is 79.1 Å². The number of aliphatic hydroxyl groups is 1. The molecule has 6 rings (SSSR count). The Morgan fingerprint density at radius 2 is 1.87 bits per heavy atom. The molecule has 1 spiro atoms. The van der Waals surface area contributed by atoms with Crippen LogP contribution in [0, 0.1) is 46.3 Å². The molecule has 4 nitrogen and oxygen atoms in total. The first-order valence-electron chi connectivity index (χ1n) is 13.0. The van der Waals surface area contributed by atoms with Gasteiger partial charge in [0.15, 0.2) is 11.6 Å². The van der Waals surface area contributed by atoms with Gasteiger partial charge in [0.1, 0.15) is 0 Å². The Bertz CT molecular complexity index is 810. The Morgan fingerprint density at radius 3 is 2.61 bits per heavy atom. The maximum Gasteiger partial charge on any atom is 0.171 e. The van der Waals surface area contributed by atoms with Gasteiger partial charge >= 0.3 is 0 Å². The van der Waals surface area contributed by atoms with Crippen LogP contribution in [0.5, 0.6) is 0 Å². The minimum absolute atomic E-state index is 0.0904. The van der Waals surface area contributed by atoms with Gasteiger partial charge in [-0.1, -0.05) is 33.3 Å². The first-order valence-corrected chi connectivity index (χ1v) is 13.0. The molecule has 172 valence electrons. The second-order valence-corrected chi connectivity index (χ2v) is 12.6. The van der Waals surface area contributed by atoms with Gasteiger partial charge in [0.25, 0.3) is 0 Å². The molecule has 0 aromatic rings. The second-order valence-electron chi connectivity index (χ2n) is 12.6. The van der Waals surface area contributed by atoms with Crippen molar-refractivity contribution < 1.29 is 19.4 Å². The minimum atomic E-state index is -0.469. The van der Waals surface area contributed by atoms with Crippen molar-refractivity contribution in [3.8, 4) is 0 Å². The van der Waals surface area contributed by atoms with Gasteiger partial charge in [0.2, 0.25) is 0 Å². The van der Waals surface area contributed by atoms with Crippen molar-refractivity contribution in [2.75, 3.05) is 6.61 Å². The van der Waals surface area contributed by atoms with E-state index in [-0.39, 0.29) is 34.9 Å². The summed E-state index contributed by atoms with van der Waals surface area (Å²) in [6.07, 6.45) is 10.3. The van der Waals surface area contributed by atoms with Gasteiger partial charge in [0.05, 0.1) is 18.8 Å². The van der Waals surface area contributed by atoms with Crippen LogP contribution in [0.15, 0.2) is 11.6 Å². The first kappa shape index (κ1) is 20.9. The second kappa shape index (κ2) is 6.67. The van der Waals surface area contributed by atoms with Crippen molar-refractivity contribution in [3.05, 3.63) is 11.6 Å². The molecule has 2 heterocycles. The number of allylic oxidation sites excluding steroid dienone is 2. The molecular weight excluding hydrogens is 388 g/mol. The van der Waals surface area contributed by atoms with Gasteiger partial charge in [-0.25, -0.2) is 0 Å². The zero-order valence-corrected chi connectivity index (χ0v) is 19.7. The highest BCUT2D eigenvalue weighted by Crippen LogP contribution is 2.69. The average Bonchev–Trinajstić information content (AvgIpc) is 3.18. The Kier molecular flexibility index (Phi) is 4.49. The van der Waals surface area contributed by atoms with Crippen molar-refractivity contribution in [2.45, 2.75) is 97.1 Å². The summed E-state index contributed by atoms with van der Waals surface area (Å²) < 4.78 is 13.2. The number of ether oxygens (including phenoxy) is 2. The van der Waals surface area contributed by atoms with E-state index in [4.69, 9.17) is 9.47 Å². The molecule has 4 heteroatoms. The standard InChI is InChI=1S/C27H40O4/c1-15-7-10-27(30-14-15)16(2)24-22(31-27)12-21-19-6-5-17-11-18(28)8-9-25(17,3)20(19)13-23(29)26(21,24)4/h13,15-19,21-22,24,28H,5-12,14H2,1-4H3/t15-,16-,17-,18-,19+,21-,22-,24-,25-,26+,27+/m0/s1. The van der Waals surface area contributed by atoms with Crippen molar-refractivity contribution in [1.29, 1.82) is 0 Å². The number of fused-ring (bicyclic) bond motifs is 7. The van der Waals surface area contributed by atoms with Gasteiger partial charge in [0, 0.05) is 23.7 Å². The molecule has 4 aliphatic carbocycles. The number of carbonyl (C=O) groups is 1. The number of carbonyl (C=O) groups excluding carboxylic acids is 1. The minimum Gasteiger partial charge on any atom is -0.393 e. The molecule has 6 aliphatic rings. The van der Waals surface area contributed by atoms with Crippen LogP contribution in [0.3, 0.4) is 0 Å². The smallest absolute Gasteiger partial charge is 0.171 e. The van der Waals surface area contributed by atoms with E-state index in [0.29, 0.717) is 29.5 Å². The number of aliphatic hydroxyl groups excluding tert-OH is 1. The zero-order valence-electron chi connectivity index (χ0n) is 19.7. The molecule has 2 aliphatic heterocycles. The summed E-state index contributed by atoms with van der Waals surface area (Å²) in [4.78, 5) is 13.9. The molecule has 0 unspecified atom stereocenters. The van der Waals surface area contributed by atoms with E-state index in [1.807, 2.05) is 0 Å². The Hall–Kier alpha value is -0.710. The maximum atomic E-state index is 13.9. The van der Waals surface area contributed by atoms with Crippen LogP contribution in [0.25, 0.3) is 0 Å². The summed E-state index contributed by atoms with van der Waals surface area (Å²) in [7, 11) is 0. The lowest BCUT2D eigenvalue weighted by Gasteiger charge is -2.56. The number of hydrogen-bond donors (Lipinski definition) is 1. The van der Waals surface area contributed by atoms with E-state index in [2.05, 4.69) is 33.8 Å². The zero-order chi connectivity index (χ0) is 21.8. The van der Waals surface area contributed by atoms with Gasteiger partial charge in [-0.05, 0) is 80.1 Å². The van der Waals surface area contributed by atoms with Crippen LogP contribution in [-0.4, -0.2) is 35.5 Å². The normalized spacial score (nSPS) is 58.4. The highest BCUT2D eigenvalue weighted by Gasteiger charge is 2.70. The summed E-state index contributed by atoms with van der Waals surface area (Å²) in [5.74, 6) is 2.41. The highest BCUT2D eigenvalue weighted by molar-refractivity contribution is 5.97. The van der Waals surface area contributed by atoms with Gasteiger partial charge in [-0.2, -0.15) is 0 Å². The molecule has 0 aromatic heterocycles. The summed E-state index contributed by atoms with van der Waals surface area (Å²) in [5.41, 5.74) is 1.19. The van der Waals surface area contributed by atoms with E-state index in [0.717, 1.165) is 45.1 Å². The first-order chi connectivity index (χ1) is 14.7. The van der Waals surface area contributed by atoms with E-state index in [9.17, 15) is 9.90 Å². The molecular formula is C27H40O4. The lowest BCUT2D eigenvalue weighted by molar-refractivity contribution is -0.271. The number of ketones is 1. The quantitative estimate of drug-likeness (QED) is 0.597. The molecule has 1 N–H and O–H groups in total. The molecule has 2 saturated heterocycles. The van der Waals surface area contributed by atoms with Crippen LogP contribution in [0.4, 0.5) is 0 Å². The third-order valence-electron chi connectivity index (χ3n) is 11.2. The van der Waals surface area contributed by atoms with Crippen molar-refractivity contribution >= 4 is 5.78 Å². The predicted molar refractivity (Wildman–Crippen MR) is 118 cm³/mol. The van der Waals surface area contributed by atoms with Gasteiger partial charge in [-0.15, -0.1) is 0 Å². The fraction of sp³-hybridized carbons (Fsp3) is 0.889. The SMILES string of the molecule is C[C@H]1CC[C@@]2(OC1)O[C@H]1C[C@H]3[C@@H]4CC[C@H]5C[C@@H](O)CC[C@]5(C)C4=CC(=O)[C@]3(C)[C@H]1[C@@H]2C. The van der Waals surface area contributed by atoms with Crippen LogP contribution < -0.4 is 0 Å². The monoisotopic (exact) mass is 428 g/mol. The highest BCUT2D eigenvalue weighted by atomic mass is 16.7. The molecule has 31 heavy (non-hydrogen) atoms. The molecule has 0 amide bonds. The molecule has 11 atom stereocenters. The van der Waals surface area contributed by atoms with Crippen molar-refractivity contribution in [2.24, 2.45) is 46.3 Å². The van der Waals surface area contributed by atoms with E-state index in [1.54, 1.807) is 0 Å². The fourth-order valence-electron chi connectivity index (χ4n) is 9.28. The van der Waals surface area contributed by atoms with E-state index in [1.165, 1.54) is 18.4 Å². The average molecular weight is 429 g/mol. The molecule has 0 aromatic carbocycles. The predicted octanol–water partition coefficient (Wildman–Crippen LogP) is 4.89. The lowest BCUT2D eigenvalue weighted by Crippen LogP contribution is -2.53. The largest absolute Gasteiger partial charge is 0.393 e. The van der Waals surface area contributed by atoms with Crippen molar-refractivity contribution in [1.82, 2.24) is 0 Å². The topological polar surface area (TPSA) is 55.8 Å². The van der Waals surface area contributed by atoms with Crippen molar-refractivity contribution in [3.63, 3.8) is 0 Å². The van der Waals surface area contributed by atoms with Crippen LogP contribution in [-0.2, 0) is 14.3 Å².